The van der Waals surface area contributed by atoms with Gasteiger partial charge in [0.05, 0.1) is 17.7 Å². The first kappa shape index (κ1) is 22.9. The van der Waals surface area contributed by atoms with Crippen molar-refractivity contribution >= 4 is 33.2 Å². The summed E-state index contributed by atoms with van der Waals surface area (Å²) < 4.78 is 32.3. The SMILES string of the molecule is COc1ccc(S(=O)(=O)N2CCN(C(=O)C3=NN(c4cccc(C)c4)C(=O)CC3)CC2)cc1. The Kier molecular flexibility index (Phi) is 6.48. The number of benzene rings is 2. The predicted octanol–water partition coefficient (Wildman–Crippen LogP) is 2.02. The molecule has 9 nitrogen and oxygen atoms in total. The Morgan fingerprint density at radius 1 is 1.00 bits per heavy atom. The van der Waals surface area contributed by atoms with Crippen LogP contribution in [0.5, 0.6) is 5.75 Å². The second-order valence-corrected chi connectivity index (χ2v) is 9.90. The van der Waals surface area contributed by atoms with E-state index in [1.54, 1.807) is 23.1 Å². The lowest BCUT2D eigenvalue weighted by Crippen LogP contribution is -2.52. The molecular formula is C23H26N4O5S. The molecule has 0 bridgehead atoms. The summed E-state index contributed by atoms with van der Waals surface area (Å²) in [5.74, 6) is 0.157. The van der Waals surface area contributed by atoms with Gasteiger partial charge in [-0.3, -0.25) is 9.59 Å². The number of carbonyl (C=O) groups excluding carboxylic acids is 2. The maximum Gasteiger partial charge on any atom is 0.270 e. The first-order chi connectivity index (χ1) is 15.8. The Labute approximate surface area is 193 Å². The molecule has 0 unspecified atom stereocenters. The summed E-state index contributed by atoms with van der Waals surface area (Å²) in [7, 11) is -2.14. The summed E-state index contributed by atoms with van der Waals surface area (Å²) >= 11 is 0. The Balaban J connectivity index is 1.44. The molecule has 1 saturated heterocycles. The molecule has 10 heteroatoms. The number of anilines is 1. The number of aryl methyl sites for hydroxylation is 1. The molecule has 2 aliphatic rings. The summed E-state index contributed by atoms with van der Waals surface area (Å²) in [6.45, 7) is 2.81. The molecule has 0 spiro atoms. The van der Waals surface area contributed by atoms with Gasteiger partial charge in [0.15, 0.2) is 0 Å². The van der Waals surface area contributed by atoms with Crippen molar-refractivity contribution in [3.05, 3.63) is 54.1 Å². The zero-order valence-electron chi connectivity index (χ0n) is 18.6. The summed E-state index contributed by atoms with van der Waals surface area (Å²) in [6.07, 6.45) is 0.467. The van der Waals surface area contributed by atoms with Gasteiger partial charge in [0.1, 0.15) is 11.5 Å². The van der Waals surface area contributed by atoms with Crippen LogP contribution < -0.4 is 9.75 Å². The van der Waals surface area contributed by atoms with Crippen LogP contribution in [0.4, 0.5) is 5.69 Å². The number of hydrogen-bond donors (Lipinski definition) is 0. The number of carbonyl (C=O) groups is 2. The molecule has 0 N–H and O–H groups in total. The molecule has 2 heterocycles. The normalized spacial score (nSPS) is 17.6. The number of methoxy groups -OCH3 is 1. The first-order valence-corrected chi connectivity index (χ1v) is 12.1. The van der Waals surface area contributed by atoms with Crippen molar-refractivity contribution in [3.63, 3.8) is 0 Å². The highest BCUT2D eigenvalue weighted by molar-refractivity contribution is 7.89. The van der Waals surface area contributed by atoms with E-state index in [0.29, 0.717) is 17.1 Å². The van der Waals surface area contributed by atoms with Crippen LogP contribution in [0.25, 0.3) is 0 Å². The fourth-order valence-electron chi connectivity index (χ4n) is 3.88. The summed E-state index contributed by atoms with van der Waals surface area (Å²) in [5, 5.41) is 5.63. The van der Waals surface area contributed by atoms with E-state index in [2.05, 4.69) is 5.10 Å². The number of ether oxygens (including phenoxy) is 1. The maximum absolute atomic E-state index is 13.1. The van der Waals surface area contributed by atoms with Crippen LogP contribution >= 0.6 is 0 Å². The molecule has 1 fully saturated rings. The van der Waals surface area contributed by atoms with Gasteiger partial charge in [-0.05, 0) is 48.9 Å². The van der Waals surface area contributed by atoms with Crippen LogP contribution in [0, 0.1) is 6.92 Å². The number of hydrogen-bond acceptors (Lipinski definition) is 6. The van der Waals surface area contributed by atoms with Gasteiger partial charge in [-0.2, -0.15) is 9.41 Å². The number of sulfonamides is 1. The van der Waals surface area contributed by atoms with Crippen molar-refractivity contribution in [2.45, 2.75) is 24.7 Å². The second-order valence-electron chi connectivity index (χ2n) is 7.96. The zero-order chi connectivity index (χ0) is 23.6. The Bertz CT molecular complexity index is 1190. The highest BCUT2D eigenvalue weighted by Gasteiger charge is 2.33. The van der Waals surface area contributed by atoms with Crippen molar-refractivity contribution in [2.24, 2.45) is 5.10 Å². The average Bonchev–Trinajstić information content (AvgIpc) is 2.84. The molecule has 0 aliphatic carbocycles. The Morgan fingerprint density at radius 2 is 1.70 bits per heavy atom. The molecule has 0 saturated carbocycles. The van der Waals surface area contributed by atoms with Crippen LogP contribution in [0.2, 0.25) is 0 Å². The van der Waals surface area contributed by atoms with Gasteiger partial charge in [0.25, 0.3) is 5.91 Å². The van der Waals surface area contributed by atoms with Crippen molar-refractivity contribution < 1.29 is 22.7 Å². The van der Waals surface area contributed by atoms with Crippen molar-refractivity contribution in [3.8, 4) is 5.75 Å². The molecule has 2 aromatic rings. The van der Waals surface area contributed by atoms with Crippen molar-refractivity contribution in [2.75, 3.05) is 38.3 Å². The molecule has 0 atom stereocenters. The topological polar surface area (TPSA) is 99.6 Å². The fourth-order valence-corrected chi connectivity index (χ4v) is 5.30. The zero-order valence-corrected chi connectivity index (χ0v) is 19.4. The molecule has 2 aliphatic heterocycles. The highest BCUT2D eigenvalue weighted by Crippen LogP contribution is 2.23. The minimum absolute atomic E-state index is 0.160. The lowest BCUT2D eigenvalue weighted by Gasteiger charge is -2.35. The molecule has 0 aromatic heterocycles. The van der Waals surface area contributed by atoms with Crippen LogP contribution in [0.15, 0.2) is 58.5 Å². The van der Waals surface area contributed by atoms with Crippen LogP contribution in [-0.2, 0) is 19.6 Å². The number of piperazine rings is 1. The third kappa shape index (κ3) is 4.76. The summed E-state index contributed by atoms with van der Waals surface area (Å²) in [4.78, 5) is 27.3. The molecular weight excluding hydrogens is 444 g/mol. The van der Waals surface area contributed by atoms with Gasteiger partial charge in [-0.1, -0.05) is 12.1 Å². The third-order valence-electron chi connectivity index (χ3n) is 5.75. The summed E-state index contributed by atoms with van der Waals surface area (Å²) in [5.41, 5.74) is 1.92. The van der Waals surface area contributed by atoms with Gasteiger partial charge >= 0.3 is 0 Å². The Hall–Kier alpha value is -3.24. The van der Waals surface area contributed by atoms with Gasteiger partial charge in [0.2, 0.25) is 15.9 Å². The number of rotatable bonds is 5. The van der Waals surface area contributed by atoms with Crippen LogP contribution in [-0.4, -0.2) is 68.4 Å². The number of nitrogens with zero attached hydrogens (tertiary/aromatic N) is 4. The van der Waals surface area contributed by atoms with Gasteiger partial charge in [0, 0.05) is 39.0 Å². The van der Waals surface area contributed by atoms with E-state index >= 15 is 0 Å². The maximum atomic E-state index is 13.1. The van der Waals surface area contributed by atoms with E-state index < -0.39 is 10.0 Å². The van der Waals surface area contributed by atoms with Gasteiger partial charge in [-0.15, -0.1) is 0 Å². The van der Waals surface area contributed by atoms with Gasteiger partial charge in [-0.25, -0.2) is 13.4 Å². The van der Waals surface area contributed by atoms with Crippen molar-refractivity contribution in [1.82, 2.24) is 9.21 Å². The van der Waals surface area contributed by atoms with E-state index in [0.717, 1.165) is 5.56 Å². The molecule has 174 valence electrons. The van der Waals surface area contributed by atoms with E-state index in [4.69, 9.17) is 4.74 Å². The molecule has 33 heavy (non-hydrogen) atoms. The highest BCUT2D eigenvalue weighted by atomic mass is 32.2. The van der Waals surface area contributed by atoms with E-state index in [1.807, 2.05) is 25.1 Å². The quantitative estimate of drug-likeness (QED) is 0.666. The predicted molar refractivity (Wildman–Crippen MR) is 124 cm³/mol. The number of amides is 2. The Morgan fingerprint density at radius 3 is 2.33 bits per heavy atom. The lowest BCUT2D eigenvalue weighted by atomic mass is 10.1. The summed E-state index contributed by atoms with van der Waals surface area (Å²) in [6, 6.07) is 13.6. The van der Waals surface area contributed by atoms with Crippen LogP contribution in [0.1, 0.15) is 18.4 Å². The van der Waals surface area contributed by atoms with Gasteiger partial charge < -0.3 is 9.64 Å². The van der Waals surface area contributed by atoms with Crippen LogP contribution in [0.3, 0.4) is 0 Å². The fraction of sp³-hybridized carbons (Fsp3) is 0.348. The third-order valence-corrected chi connectivity index (χ3v) is 7.66. The monoisotopic (exact) mass is 470 g/mol. The standard InChI is InChI=1S/C23H26N4O5S/c1-17-4-3-5-18(16-17)27-22(28)11-10-21(24-27)23(29)25-12-14-26(15-13-25)33(30,31)20-8-6-19(32-2)7-9-20/h3-9,16H,10-15H2,1-2H3. The molecule has 2 aromatic carbocycles. The smallest absolute Gasteiger partial charge is 0.270 e. The lowest BCUT2D eigenvalue weighted by molar-refractivity contribution is -0.125. The first-order valence-electron chi connectivity index (χ1n) is 10.7. The molecule has 4 rings (SSSR count). The van der Waals surface area contributed by atoms with Crippen molar-refractivity contribution in [1.29, 1.82) is 0 Å². The minimum atomic E-state index is -3.66. The van der Waals surface area contributed by atoms with E-state index in [1.165, 1.54) is 28.6 Å². The average molecular weight is 471 g/mol. The number of hydrazone groups is 1. The largest absolute Gasteiger partial charge is 0.497 e. The van der Waals surface area contributed by atoms with E-state index in [-0.39, 0.29) is 55.7 Å². The second kappa shape index (κ2) is 9.32. The minimum Gasteiger partial charge on any atom is -0.497 e. The molecule has 0 radical (unpaired) electrons. The van der Waals surface area contributed by atoms with E-state index in [9.17, 15) is 18.0 Å². The molecule has 2 amide bonds.